The molecule has 0 bridgehead atoms. The Morgan fingerprint density at radius 3 is 2.62 bits per heavy atom. The van der Waals surface area contributed by atoms with Gasteiger partial charge < -0.3 is 10.6 Å². The molecule has 1 amide bonds. The predicted octanol–water partition coefficient (Wildman–Crippen LogP) is 0.800. The number of piperazine rings is 1. The predicted molar refractivity (Wildman–Crippen MR) is 79.9 cm³/mol. The molecule has 0 aliphatic carbocycles. The van der Waals surface area contributed by atoms with Crippen molar-refractivity contribution in [2.75, 3.05) is 32.7 Å². The monoisotopic (exact) mass is 289 g/mol. The molecule has 0 saturated carbocycles. The van der Waals surface area contributed by atoms with E-state index in [-0.39, 0.29) is 18.3 Å². The van der Waals surface area contributed by atoms with E-state index >= 15 is 0 Å². The number of nitrogens with two attached hydrogens (primary N) is 1. The summed E-state index contributed by atoms with van der Waals surface area (Å²) in [6.45, 7) is 5.58. The van der Waals surface area contributed by atoms with Crippen molar-refractivity contribution in [1.29, 1.82) is 0 Å². The van der Waals surface area contributed by atoms with Gasteiger partial charge >= 0.3 is 0 Å². The second-order valence-electron chi connectivity index (χ2n) is 5.14. The van der Waals surface area contributed by atoms with E-state index in [2.05, 4.69) is 16.7 Å². The third-order valence-corrected chi connectivity index (χ3v) is 3.52. The van der Waals surface area contributed by atoms with Crippen molar-refractivity contribution in [2.24, 2.45) is 5.73 Å². The highest BCUT2D eigenvalue weighted by molar-refractivity contribution is 5.73. The highest BCUT2D eigenvalue weighted by atomic mass is 19.1. The number of carbonyl (C=O) groups excluding carboxylic acids is 1. The molecule has 4 nitrogen and oxygen atoms in total. The Morgan fingerprint density at radius 1 is 1.29 bits per heavy atom. The number of carbonyl (C=O) groups is 1. The van der Waals surface area contributed by atoms with Crippen LogP contribution < -0.4 is 5.73 Å². The van der Waals surface area contributed by atoms with Crippen molar-refractivity contribution >= 4 is 5.91 Å². The summed E-state index contributed by atoms with van der Waals surface area (Å²) in [6, 6.07) is 4.84. The number of hydrogen-bond donors (Lipinski definition) is 1. The van der Waals surface area contributed by atoms with Gasteiger partial charge in [-0.3, -0.25) is 9.69 Å². The lowest BCUT2D eigenvalue weighted by molar-refractivity contribution is -0.130. The van der Waals surface area contributed by atoms with Crippen LogP contribution in [-0.4, -0.2) is 48.4 Å². The van der Waals surface area contributed by atoms with Crippen LogP contribution >= 0.6 is 0 Å². The van der Waals surface area contributed by atoms with Crippen LogP contribution in [0.3, 0.4) is 0 Å². The summed E-state index contributed by atoms with van der Waals surface area (Å²) in [6.07, 6.45) is 0. The van der Waals surface area contributed by atoms with E-state index in [4.69, 9.17) is 5.73 Å². The minimum absolute atomic E-state index is 0.111. The zero-order chi connectivity index (χ0) is 15.2. The van der Waals surface area contributed by atoms with E-state index in [0.29, 0.717) is 12.1 Å². The molecule has 0 unspecified atom stereocenters. The van der Waals surface area contributed by atoms with Crippen LogP contribution in [0.15, 0.2) is 18.2 Å². The minimum Gasteiger partial charge on any atom is -0.340 e. The molecule has 0 spiro atoms. The maximum absolute atomic E-state index is 13.6. The van der Waals surface area contributed by atoms with Crippen LogP contribution in [0.2, 0.25) is 0 Å². The van der Waals surface area contributed by atoms with E-state index in [1.165, 1.54) is 12.1 Å². The van der Waals surface area contributed by atoms with Crippen molar-refractivity contribution in [3.05, 3.63) is 35.1 Å². The molecule has 5 heteroatoms. The quantitative estimate of drug-likeness (QED) is 0.819. The summed E-state index contributed by atoms with van der Waals surface area (Å²) in [5, 5.41) is 0. The second-order valence-corrected chi connectivity index (χ2v) is 5.14. The van der Waals surface area contributed by atoms with Gasteiger partial charge in [-0.15, -0.1) is 0 Å². The van der Waals surface area contributed by atoms with Crippen LogP contribution in [0.4, 0.5) is 4.39 Å². The van der Waals surface area contributed by atoms with Crippen molar-refractivity contribution < 1.29 is 9.18 Å². The van der Waals surface area contributed by atoms with Gasteiger partial charge in [0, 0.05) is 45.2 Å². The maximum Gasteiger partial charge on any atom is 0.219 e. The molecule has 1 aliphatic heterocycles. The Kier molecular flexibility index (Phi) is 5.32. The third kappa shape index (κ3) is 4.55. The first-order valence-electron chi connectivity index (χ1n) is 7.05. The molecule has 0 radical (unpaired) electrons. The molecule has 2 rings (SSSR count). The first-order valence-corrected chi connectivity index (χ1v) is 7.05. The zero-order valence-electron chi connectivity index (χ0n) is 12.2. The molecule has 0 atom stereocenters. The molecule has 21 heavy (non-hydrogen) atoms. The topological polar surface area (TPSA) is 49.6 Å². The van der Waals surface area contributed by atoms with Gasteiger partial charge in [-0.2, -0.15) is 0 Å². The van der Waals surface area contributed by atoms with Gasteiger partial charge in [0.2, 0.25) is 5.91 Å². The van der Waals surface area contributed by atoms with E-state index < -0.39 is 0 Å². The fraction of sp³-hybridized carbons (Fsp3) is 0.438. The molecule has 1 saturated heterocycles. The van der Waals surface area contributed by atoms with E-state index in [9.17, 15) is 9.18 Å². The molecule has 112 valence electrons. The highest BCUT2D eigenvalue weighted by Gasteiger charge is 2.18. The molecular formula is C16H20FN3O. The normalized spacial score (nSPS) is 15.5. The van der Waals surface area contributed by atoms with Crippen LogP contribution in [0.25, 0.3) is 0 Å². The Balaban J connectivity index is 2.00. The lowest BCUT2D eigenvalue weighted by Gasteiger charge is -2.34. The largest absolute Gasteiger partial charge is 0.340 e. The van der Waals surface area contributed by atoms with E-state index in [0.717, 1.165) is 31.7 Å². The van der Waals surface area contributed by atoms with E-state index in [1.807, 2.05) is 11.0 Å². The average Bonchev–Trinajstić information content (AvgIpc) is 2.45. The fourth-order valence-corrected chi connectivity index (χ4v) is 2.45. The minimum atomic E-state index is -0.281. The van der Waals surface area contributed by atoms with Gasteiger partial charge in [0.1, 0.15) is 5.82 Å². The Labute approximate surface area is 124 Å². The molecule has 1 fully saturated rings. The van der Waals surface area contributed by atoms with Gasteiger partial charge in [-0.05, 0) is 23.8 Å². The summed E-state index contributed by atoms with van der Waals surface area (Å²) in [5.74, 6) is 5.42. The lowest BCUT2D eigenvalue weighted by Crippen LogP contribution is -2.47. The molecular weight excluding hydrogens is 269 g/mol. The number of benzene rings is 1. The summed E-state index contributed by atoms with van der Waals surface area (Å²) in [7, 11) is 0. The Hall–Kier alpha value is -1.90. The number of nitrogens with zero attached hydrogens (tertiary/aromatic N) is 2. The fourth-order valence-electron chi connectivity index (χ4n) is 2.45. The van der Waals surface area contributed by atoms with Crippen LogP contribution in [0, 0.1) is 17.7 Å². The first kappa shape index (κ1) is 15.5. The Bertz CT molecular complexity index is 569. The van der Waals surface area contributed by atoms with Gasteiger partial charge in [-0.1, -0.05) is 11.8 Å². The number of halogens is 1. The van der Waals surface area contributed by atoms with Crippen molar-refractivity contribution in [3.63, 3.8) is 0 Å². The van der Waals surface area contributed by atoms with Gasteiger partial charge in [0.25, 0.3) is 0 Å². The number of amides is 1. The summed E-state index contributed by atoms with van der Waals surface area (Å²) in [4.78, 5) is 15.3. The smallest absolute Gasteiger partial charge is 0.219 e. The number of hydrogen-bond acceptors (Lipinski definition) is 3. The van der Waals surface area contributed by atoms with Crippen molar-refractivity contribution in [1.82, 2.24) is 9.80 Å². The van der Waals surface area contributed by atoms with Crippen molar-refractivity contribution in [2.45, 2.75) is 13.5 Å². The maximum atomic E-state index is 13.6. The van der Waals surface area contributed by atoms with Gasteiger partial charge in [0.05, 0.1) is 6.54 Å². The van der Waals surface area contributed by atoms with Crippen molar-refractivity contribution in [3.8, 4) is 11.8 Å². The average molecular weight is 289 g/mol. The van der Waals surface area contributed by atoms with Crippen LogP contribution in [0.1, 0.15) is 18.1 Å². The summed E-state index contributed by atoms with van der Waals surface area (Å²) in [5.41, 5.74) is 6.88. The third-order valence-electron chi connectivity index (χ3n) is 3.52. The molecule has 1 aromatic rings. The summed E-state index contributed by atoms with van der Waals surface area (Å²) < 4.78 is 13.6. The molecule has 1 aromatic carbocycles. The molecule has 1 aliphatic rings. The van der Waals surface area contributed by atoms with Crippen LogP contribution in [0.5, 0.6) is 0 Å². The Morgan fingerprint density at radius 2 is 2.00 bits per heavy atom. The number of rotatable bonds is 2. The summed E-state index contributed by atoms with van der Waals surface area (Å²) >= 11 is 0. The van der Waals surface area contributed by atoms with E-state index in [1.54, 1.807) is 6.92 Å². The SMILES string of the molecule is CC(=O)N1CCN(Cc2cc(F)cc(C#CCN)c2)CC1. The van der Waals surface area contributed by atoms with Gasteiger partial charge in [0.15, 0.2) is 0 Å². The lowest BCUT2D eigenvalue weighted by atomic mass is 10.1. The van der Waals surface area contributed by atoms with Gasteiger partial charge in [-0.25, -0.2) is 4.39 Å². The second kappa shape index (κ2) is 7.21. The van der Waals surface area contributed by atoms with Crippen LogP contribution in [-0.2, 0) is 11.3 Å². The first-order chi connectivity index (χ1) is 10.1. The molecule has 0 aromatic heterocycles. The highest BCUT2D eigenvalue weighted by Crippen LogP contribution is 2.13. The standard InChI is InChI=1S/C16H20FN3O/c1-13(21)20-7-5-19(6-8-20)12-15-9-14(3-2-4-18)10-16(17)11-15/h9-11H,4-8,12,18H2,1H3. The molecule has 2 N–H and O–H groups in total. The zero-order valence-corrected chi connectivity index (χ0v) is 12.2. The molecule has 1 heterocycles.